The molecule has 2 rings (SSSR count). The molecule has 0 radical (unpaired) electrons. The van der Waals surface area contributed by atoms with Crippen LogP contribution in [0.25, 0.3) is 9.40 Å². The van der Waals surface area contributed by atoms with Gasteiger partial charge in [-0.1, -0.05) is 20.8 Å². The Morgan fingerprint density at radius 3 is 2.62 bits per heavy atom. The molecule has 21 heavy (non-hydrogen) atoms. The zero-order valence-corrected chi connectivity index (χ0v) is 13.9. The standard InChI is InChI=1S/C15H19NO3S2/c1-15(2,3)7-9(14(18)19)8-16-13(17)12-6-11-10(21-12)4-5-20-11/h4-6,9H,7-8H2,1-3H3,(H,16,17)(H,18,19). The van der Waals surface area contributed by atoms with Crippen LogP contribution in [0.3, 0.4) is 0 Å². The van der Waals surface area contributed by atoms with Crippen LogP contribution in [0.1, 0.15) is 36.9 Å². The van der Waals surface area contributed by atoms with Crippen LogP contribution in [0.4, 0.5) is 0 Å². The largest absolute Gasteiger partial charge is 0.481 e. The van der Waals surface area contributed by atoms with Crippen molar-refractivity contribution >= 4 is 43.9 Å². The second kappa shape index (κ2) is 6.15. The van der Waals surface area contributed by atoms with Crippen molar-refractivity contribution < 1.29 is 14.7 Å². The van der Waals surface area contributed by atoms with Gasteiger partial charge in [0.25, 0.3) is 5.91 Å². The van der Waals surface area contributed by atoms with Gasteiger partial charge in [0, 0.05) is 15.9 Å². The third-order valence-electron chi connectivity index (χ3n) is 3.08. The van der Waals surface area contributed by atoms with Crippen molar-refractivity contribution in [3.05, 3.63) is 22.4 Å². The molecule has 0 aromatic carbocycles. The van der Waals surface area contributed by atoms with Crippen molar-refractivity contribution in [1.82, 2.24) is 5.32 Å². The summed E-state index contributed by atoms with van der Waals surface area (Å²) in [5.41, 5.74) is -0.0840. The van der Waals surface area contributed by atoms with E-state index in [9.17, 15) is 14.7 Å². The van der Waals surface area contributed by atoms with E-state index in [1.807, 2.05) is 38.3 Å². The molecule has 114 valence electrons. The molecule has 0 saturated carbocycles. The fourth-order valence-corrected chi connectivity index (χ4v) is 4.19. The molecule has 0 fully saturated rings. The quantitative estimate of drug-likeness (QED) is 0.878. The summed E-state index contributed by atoms with van der Waals surface area (Å²) in [5.74, 6) is -1.61. The topological polar surface area (TPSA) is 66.4 Å². The van der Waals surface area contributed by atoms with Crippen molar-refractivity contribution in [2.45, 2.75) is 27.2 Å². The summed E-state index contributed by atoms with van der Waals surface area (Å²) in [4.78, 5) is 24.0. The molecule has 1 amide bonds. The Kier molecular flexibility index (Phi) is 4.68. The van der Waals surface area contributed by atoms with Gasteiger partial charge in [0.05, 0.1) is 10.8 Å². The van der Waals surface area contributed by atoms with Gasteiger partial charge >= 0.3 is 5.97 Å². The first-order valence-electron chi connectivity index (χ1n) is 6.74. The maximum absolute atomic E-state index is 12.1. The minimum atomic E-state index is -0.864. The first-order chi connectivity index (χ1) is 9.76. The van der Waals surface area contributed by atoms with Gasteiger partial charge in [-0.25, -0.2) is 0 Å². The molecule has 2 heterocycles. The molecule has 2 N–H and O–H groups in total. The number of hydrogen-bond donors (Lipinski definition) is 2. The van der Waals surface area contributed by atoms with E-state index in [1.54, 1.807) is 11.3 Å². The lowest BCUT2D eigenvalue weighted by molar-refractivity contribution is -0.142. The van der Waals surface area contributed by atoms with Crippen LogP contribution >= 0.6 is 22.7 Å². The molecular formula is C15H19NO3S2. The maximum atomic E-state index is 12.1. The monoisotopic (exact) mass is 325 g/mol. The summed E-state index contributed by atoms with van der Waals surface area (Å²) in [7, 11) is 0. The van der Waals surface area contributed by atoms with E-state index >= 15 is 0 Å². The Bertz CT molecular complexity index is 623. The van der Waals surface area contributed by atoms with Gasteiger partial charge in [0.1, 0.15) is 0 Å². The third-order valence-corrected chi connectivity index (χ3v) is 5.17. The average molecular weight is 325 g/mol. The molecule has 0 bridgehead atoms. The molecule has 1 atom stereocenters. The van der Waals surface area contributed by atoms with Crippen LogP contribution in [0.15, 0.2) is 17.5 Å². The summed E-state index contributed by atoms with van der Waals surface area (Å²) in [6, 6.07) is 3.85. The summed E-state index contributed by atoms with van der Waals surface area (Å²) in [5, 5.41) is 14.0. The van der Waals surface area contributed by atoms with Crippen molar-refractivity contribution in [3.63, 3.8) is 0 Å². The van der Waals surface area contributed by atoms with Crippen LogP contribution < -0.4 is 5.32 Å². The fraction of sp³-hybridized carbons (Fsp3) is 0.467. The summed E-state index contributed by atoms with van der Waals surface area (Å²) >= 11 is 3.04. The second-order valence-corrected chi connectivity index (χ2v) is 8.30. The van der Waals surface area contributed by atoms with Crippen molar-refractivity contribution in [2.24, 2.45) is 11.3 Å². The molecule has 0 saturated heterocycles. The van der Waals surface area contributed by atoms with Crippen molar-refractivity contribution in [1.29, 1.82) is 0 Å². The molecule has 2 aromatic rings. The number of aliphatic carboxylic acids is 1. The van der Waals surface area contributed by atoms with Gasteiger partial charge in [-0.3, -0.25) is 9.59 Å². The lowest BCUT2D eigenvalue weighted by Gasteiger charge is -2.23. The number of amides is 1. The van der Waals surface area contributed by atoms with Gasteiger partial charge in [-0.2, -0.15) is 0 Å². The van der Waals surface area contributed by atoms with E-state index in [2.05, 4.69) is 5.32 Å². The van der Waals surface area contributed by atoms with Gasteiger partial charge in [-0.05, 0) is 29.3 Å². The second-order valence-electron chi connectivity index (χ2n) is 6.27. The van der Waals surface area contributed by atoms with Crippen LogP contribution in [0.2, 0.25) is 0 Å². The van der Waals surface area contributed by atoms with Gasteiger partial charge in [0.15, 0.2) is 0 Å². The molecule has 0 spiro atoms. The van der Waals surface area contributed by atoms with E-state index in [0.717, 1.165) is 9.40 Å². The van der Waals surface area contributed by atoms with E-state index in [0.29, 0.717) is 11.3 Å². The number of carbonyl (C=O) groups excluding carboxylic acids is 1. The zero-order chi connectivity index (χ0) is 15.6. The molecule has 0 aliphatic carbocycles. The zero-order valence-electron chi connectivity index (χ0n) is 12.3. The Morgan fingerprint density at radius 2 is 2.05 bits per heavy atom. The molecule has 0 aliphatic rings. The predicted molar refractivity (Wildman–Crippen MR) is 87.2 cm³/mol. The van der Waals surface area contributed by atoms with Crippen LogP contribution in [-0.4, -0.2) is 23.5 Å². The summed E-state index contributed by atoms with van der Waals surface area (Å²) < 4.78 is 2.18. The first-order valence-corrected chi connectivity index (χ1v) is 8.44. The molecule has 6 heteroatoms. The number of carboxylic acid groups (broad SMARTS) is 1. The summed E-state index contributed by atoms with van der Waals surface area (Å²) in [6.07, 6.45) is 0.530. The highest BCUT2D eigenvalue weighted by molar-refractivity contribution is 7.27. The first kappa shape index (κ1) is 16.0. The van der Waals surface area contributed by atoms with E-state index in [1.165, 1.54) is 11.3 Å². The van der Waals surface area contributed by atoms with Crippen LogP contribution in [0.5, 0.6) is 0 Å². The number of carboxylic acids is 1. The number of fused-ring (bicyclic) bond motifs is 1. The fourth-order valence-electron chi connectivity index (χ4n) is 2.17. The minimum Gasteiger partial charge on any atom is -0.481 e. The van der Waals surface area contributed by atoms with Crippen LogP contribution in [0, 0.1) is 11.3 Å². The smallest absolute Gasteiger partial charge is 0.308 e. The highest BCUT2D eigenvalue weighted by Gasteiger charge is 2.25. The van der Waals surface area contributed by atoms with Crippen molar-refractivity contribution in [3.8, 4) is 0 Å². The Labute approximate surface area is 131 Å². The predicted octanol–water partition coefficient (Wildman–Crippen LogP) is 3.83. The van der Waals surface area contributed by atoms with Crippen LogP contribution in [-0.2, 0) is 4.79 Å². The normalized spacial score (nSPS) is 13.3. The highest BCUT2D eigenvalue weighted by atomic mass is 32.1. The SMILES string of the molecule is CC(C)(C)CC(CNC(=O)c1cc2sccc2s1)C(=O)O. The lowest BCUT2D eigenvalue weighted by atomic mass is 9.84. The number of nitrogens with one attached hydrogen (secondary N) is 1. The van der Waals surface area contributed by atoms with Gasteiger partial charge in [0.2, 0.25) is 0 Å². The minimum absolute atomic E-state index is 0.0840. The Balaban J connectivity index is 1.98. The number of rotatable bonds is 5. The Morgan fingerprint density at radius 1 is 1.33 bits per heavy atom. The summed E-state index contributed by atoms with van der Waals surface area (Å²) in [6.45, 7) is 6.16. The maximum Gasteiger partial charge on any atom is 0.308 e. The lowest BCUT2D eigenvalue weighted by Crippen LogP contribution is -2.34. The van der Waals surface area contributed by atoms with E-state index in [4.69, 9.17) is 0 Å². The highest BCUT2D eigenvalue weighted by Crippen LogP contribution is 2.30. The average Bonchev–Trinajstić information content (AvgIpc) is 2.92. The molecule has 1 unspecified atom stereocenters. The number of carbonyl (C=O) groups is 2. The Hall–Kier alpha value is -1.40. The van der Waals surface area contributed by atoms with Gasteiger partial charge in [-0.15, -0.1) is 22.7 Å². The molecule has 4 nitrogen and oxygen atoms in total. The van der Waals surface area contributed by atoms with E-state index < -0.39 is 11.9 Å². The molecule has 2 aromatic heterocycles. The van der Waals surface area contributed by atoms with Crippen molar-refractivity contribution in [2.75, 3.05) is 6.54 Å². The molecule has 0 aliphatic heterocycles. The third kappa shape index (κ3) is 4.28. The van der Waals surface area contributed by atoms with E-state index in [-0.39, 0.29) is 17.9 Å². The number of hydrogen-bond acceptors (Lipinski definition) is 4. The van der Waals surface area contributed by atoms with Gasteiger partial charge < -0.3 is 10.4 Å². The number of thiophene rings is 2. The molecular weight excluding hydrogens is 306 g/mol.